The minimum atomic E-state index is -0.973. The summed E-state index contributed by atoms with van der Waals surface area (Å²) in [5, 5.41) is 34.5. The van der Waals surface area contributed by atoms with E-state index in [-0.39, 0.29) is 23.5 Å². The molecular formula is C40H57N2O7. The van der Waals surface area contributed by atoms with Crippen LogP contribution in [0.2, 0.25) is 0 Å². The zero-order valence-corrected chi connectivity index (χ0v) is 29.8. The second-order valence-electron chi connectivity index (χ2n) is 13.7. The number of amides is 1. The van der Waals surface area contributed by atoms with E-state index >= 15 is 0 Å². The molecule has 0 bridgehead atoms. The fraction of sp³-hybridized carbons (Fsp3) is 0.525. The van der Waals surface area contributed by atoms with Gasteiger partial charge in [0.1, 0.15) is 18.1 Å². The van der Waals surface area contributed by atoms with Crippen molar-refractivity contribution in [2.75, 3.05) is 14.1 Å². The number of rotatable bonds is 23. The maximum Gasteiger partial charge on any atom is 0.240 e. The third kappa shape index (κ3) is 14.5. The molecule has 9 nitrogen and oxygen atoms in total. The van der Waals surface area contributed by atoms with Gasteiger partial charge in [-0.1, -0.05) is 56.3 Å². The van der Waals surface area contributed by atoms with Gasteiger partial charge in [0.05, 0.1) is 43.1 Å². The molecule has 0 spiro atoms. The number of furan rings is 1. The van der Waals surface area contributed by atoms with Crippen LogP contribution in [0.3, 0.4) is 0 Å². The van der Waals surface area contributed by atoms with Crippen molar-refractivity contribution in [3.8, 4) is 5.75 Å². The lowest BCUT2D eigenvalue weighted by atomic mass is 9.89. The molecule has 1 heterocycles. The van der Waals surface area contributed by atoms with Gasteiger partial charge in [-0.25, -0.2) is 0 Å². The first-order valence-electron chi connectivity index (χ1n) is 17.6. The highest BCUT2D eigenvalue weighted by molar-refractivity contribution is 5.96. The summed E-state index contributed by atoms with van der Waals surface area (Å²) >= 11 is 0. The van der Waals surface area contributed by atoms with Crippen LogP contribution in [0.1, 0.15) is 76.2 Å². The molecule has 3 aromatic rings. The van der Waals surface area contributed by atoms with Crippen LogP contribution in [0.4, 0.5) is 0 Å². The zero-order chi connectivity index (χ0) is 35.8. The molecule has 0 aliphatic carbocycles. The minimum Gasteiger partial charge on any atom is -0.486 e. The largest absolute Gasteiger partial charge is 0.486 e. The van der Waals surface area contributed by atoms with E-state index in [4.69, 9.17) is 9.15 Å². The molecule has 2 aromatic carbocycles. The number of nitrogens with one attached hydrogen (secondary N) is 1. The van der Waals surface area contributed by atoms with Crippen molar-refractivity contribution in [1.29, 1.82) is 0 Å². The lowest BCUT2D eigenvalue weighted by Crippen LogP contribution is -2.51. The van der Waals surface area contributed by atoms with E-state index in [2.05, 4.69) is 12.2 Å². The van der Waals surface area contributed by atoms with E-state index in [0.29, 0.717) is 51.6 Å². The average molecular weight is 678 g/mol. The molecule has 4 N–H and O–H groups in total. The first-order valence-corrected chi connectivity index (χ1v) is 17.6. The van der Waals surface area contributed by atoms with Gasteiger partial charge in [-0.05, 0) is 113 Å². The molecule has 5 unspecified atom stereocenters. The van der Waals surface area contributed by atoms with E-state index in [1.807, 2.05) is 73.7 Å². The highest BCUT2D eigenvalue weighted by Gasteiger charge is 2.33. The topological polar surface area (TPSA) is 132 Å². The Hall–Kier alpha value is -3.50. The molecule has 0 saturated heterocycles. The maximum absolute atomic E-state index is 13.8. The third-order valence-corrected chi connectivity index (χ3v) is 9.12. The van der Waals surface area contributed by atoms with Crippen LogP contribution >= 0.6 is 0 Å². The summed E-state index contributed by atoms with van der Waals surface area (Å²) in [6.45, 7) is 6.20. The number of nitrogens with zero attached hydrogens (tertiary/aromatic N) is 1. The van der Waals surface area contributed by atoms with Gasteiger partial charge >= 0.3 is 0 Å². The summed E-state index contributed by atoms with van der Waals surface area (Å²) < 4.78 is 11.0. The van der Waals surface area contributed by atoms with Crippen molar-refractivity contribution >= 4 is 11.7 Å². The summed E-state index contributed by atoms with van der Waals surface area (Å²) in [5.74, 6) is 1.23. The number of Topliss-reactive ketones (excluding diaryl/α,β-unsaturated/α-hetero) is 1. The molecule has 3 rings (SSSR count). The van der Waals surface area contributed by atoms with Crippen LogP contribution in [0.25, 0.3) is 0 Å². The predicted molar refractivity (Wildman–Crippen MR) is 192 cm³/mol. The Labute approximate surface area is 292 Å². The minimum absolute atomic E-state index is 0.0809. The summed E-state index contributed by atoms with van der Waals surface area (Å²) in [4.78, 5) is 29.0. The summed E-state index contributed by atoms with van der Waals surface area (Å²) in [6.07, 6.45) is 5.47. The summed E-state index contributed by atoms with van der Waals surface area (Å²) in [6, 6.07) is 19.6. The number of hydrogen-bond donors (Lipinski definition) is 4. The van der Waals surface area contributed by atoms with Crippen LogP contribution in [0, 0.1) is 18.3 Å². The van der Waals surface area contributed by atoms with Gasteiger partial charge in [0, 0.05) is 7.05 Å². The quantitative estimate of drug-likeness (QED) is 0.103. The number of likely N-dealkylation sites (N-methyl/N-ethyl adjacent to an activating group) is 2. The molecular weight excluding hydrogens is 620 g/mol. The number of benzene rings is 2. The Bertz CT molecular complexity index is 1350. The average Bonchev–Trinajstić information content (AvgIpc) is 3.61. The van der Waals surface area contributed by atoms with E-state index in [0.717, 1.165) is 29.1 Å². The molecule has 1 radical (unpaired) electrons. The van der Waals surface area contributed by atoms with Crippen molar-refractivity contribution < 1.29 is 34.1 Å². The third-order valence-electron chi connectivity index (χ3n) is 9.12. The number of aliphatic hydroxyl groups excluding tert-OH is 3. The van der Waals surface area contributed by atoms with Gasteiger partial charge in [-0.3, -0.25) is 9.59 Å². The van der Waals surface area contributed by atoms with E-state index in [9.17, 15) is 24.9 Å². The van der Waals surface area contributed by atoms with Gasteiger partial charge in [0.25, 0.3) is 0 Å². The Morgan fingerprint density at radius 2 is 1.49 bits per heavy atom. The SMILES string of the molecule is CN[C@@H](CC(C)CCC(O)Cc1ccc(OCc2ccco2)cc1)C(=O)N(C)[C@@H](CC(C)CCC(C)O)C(=O)[CH]C(O)Cc1ccccc1. The Kier molecular flexibility index (Phi) is 17.0. The lowest BCUT2D eigenvalue weighted by Gasteiger charge is -2.33. The van der Waals surface area contributed by atoms with Crippen LogP contribution < -0.4 is 10.1 Å². The Morgan fingerprint density at radius 1 is 0.837 bits per heavy atom. The fourth-order valence-electron chi connectivity index (χ4n) is 6.09. The van der Waals surface area contributed by atoms with Crippen LogP contribution in [0.5, 0.6) is 5.75 Å². The Morgan fingerprint density at radius 3 is 2.12 bits per heavy atom. The zero-order valence-electron chi connectivity index (χ0n) is 29.8. The van der Waals surface area contributed by atoms with Gasteiger partial charge in [-0.15, -0.1) is 0 Å². The Balaban J connectivity index is 1.53. The first kappa shape index (κ1) is 39.9. The monoisotopic (exact) mass is 677 g/mol. The number of ketones is 1. The molecule has 0 aliphatic heterocycles. The normalized spacial score (nSPS) is 15.8. The van der Waals surface area contributed by atoms with Crippen molar-refractivity contribution in [3.05, 3.63) is 96.3 Å². The highest BCUT2D eigenvalue weighted by Crippen LogP contribution is 2.23. The lowest BCUT2D eigenvalue weighted by molar-refractivity contribution is -0.139. The molecule has 1 aromatic heterocycles. The number of ether oxygens (including phenoxy) is 1. The number of carbonyl (C=O) groups is 2. The van der Waals surface area contributed by atoms with E-state index in [1.54, 1.807) is 27.3 Å². The second-order valence-corrected chi connectivity index (χ2v) is 13.7. The van der Waals surface area contributed by atoms with Crippen molar-refractivity contribution in [3.63, 3.8) is 0 Å². The smallest absolute Gasteiger partial charge is 0.240 e. The van der Waals surface area contributed by atoms with Crippen molar-refractivity contribution in [2.24, 2.45) is 11.8 Å². The first-order chi connectivity index (χ1) is 23.4. The number of carbonyl (C=O) groups excluding carboxylic acids is 2. The molecule has 9 heteroatoms. The fourth-order valence-corrected chi connectivity index (χ4v) is 6.09. The van der Waals surface area contributed by atoms with Crippen molar-refractivity contribution in [1.82, 2.24) is 10.2 Å². The van der Waals surface area contributed by atoms with E-state index < -0.39 is 30.4 Å². The molecule has 0 fully saturated rings. The van der Waals surface area contributed by atoms with Crippen LogP contribution in [-0.4, -0.2) is 76.4 Å². The predicted octanol–water partition coefficient (Wildman–Crippen LogP) is 5.55. The number of aliphatic hydroxyl groups is 3. The van der Waals surface area contributed by atoms with Gasteiger partial charge in [-0.2, -0.15) is 0 Å². The second kappa shape index (κ2) is 20.9. The summed E-state index contributed by atoms with van der Waals surface area (Å²) in [5.41, 5.74) is 1.93. The van der Waals surface area contributed by atoms with Crippen LogP contribution in [-0.2, 0) is 29.0 Å². The molecule has 0 saturated carbocycles. The van der Waals surface area contributed by atoms with Gasteiger partial charge in [0.15, 0.2) is 5.78 Å². The maximum atomic E-state index is 13.8. The molecule has 49 heavy (non-hydrogen) atoms. The van der Waals surface area contributed by atoms with Crippen molar-refractivity contribution in [2.45, 2.75) is 109 Å². The van der Waals surface area contributed by atoms with E-state index in [1.165, 1.54) is 11.3 Å². The standard InChI is InChI=1S/C40H57N2O7/c1-28(14-18-33(44)24-32-16-19-35(20-17-32)49-27-36-12-9-21-48-36)22-37(41-4)40(47)42(5)38(23-29(2)13-15-30(3)43)39(46)26-34(45)25-31-10-7-6-8-11-31/h6-12,16-17,19-21,26,28-30,33-34,37-38,41,43-45H,13-15,18,22-25,27H2,1-5H3/t28?,29?,30?,33?,34?,37-,38-/m0/s1. The molecule has 269 valence electrons. The highest BCUT2D eigenvalue weighted by atomic mass is 16.5. The molecule has 7 atom stereocenters. The van der Waals surface area contributed by atoms with Gasteiger partial charge in [0.2, 0.25) is 5.91 Å². The van der Waals surface area contributed by atoms with Gasteiger partial charge < -0.3 is 34.7 Å². The molecule has 0 aliphatic rings. The number of hydrogen-bond acceptors (Lipinski definition) is 8. The molecule has 1 amide bonds. The summed E-state index contributed by atoms with van der Waals surface area (Å²) in [7, 11) is 3.41. The van der Waals surface area contributed by atoms with Crippen LogP contribution in [0.15, 0.2) is 77.4 Å².